The van der Waals surface area contributed by atoms with Gasteiger partial charge in [0.15, 0.2) is 0 Å². The van der Waals surface area contributed by atoms with Crippen molar-refractivity contribution in [3.63, 3.8) is 0 Å². The van der Waals surface area contributed by atoms with Gasteiger partial charge in [-0.2, -0.15) is 0 Å². The number of carboxylic acid groups (broad SMARTS) is 2. The van der Waals surface area contributed by atoms with Gasteiger partial charge in [0.05, 0.1) is 12.1 Å². The van der Waals surface area contributed by atoms with Gasteiger partial charge < -0.3 is 30.0 Å². The van der Waals surface area contributed by atoms with Crippen LogP contribution in [0.3, 0.4) is 0 Å². The van der Waals surface area contributed by atoms with E-state index in [4.69, 9.17) is 29.8 Å². The Bertz CT molecular complexity index is 1200. The van der Waals surface area contributed by atoms with Gasteiger partial charge in [-0.1, -0.05) is 67.5 Å². The van der Waals surface area contributed by atoms with Gasteiger partial charge in [0.25, 0.3) is 0 Å². The molecule has 2 aromatic carbocycles. The van der Waals surface area contributed by atoms with E-state index >= 15 is 0 Å². The molecule has 1 fully saturated rings. The van der Waals surface area contributed by atoms with Gasteiger partial charge in [0.1, 0.15) is 11.5 Å². The maximum Gasteiger partial charge on any atom is 2.00 e. The summed E-state index contributed by atoms with van der Waals surface area (Å²) in [6, 6.07) is 8.46. The Morgan fingerprint density at radius 3 is 1.30 bits per heavy atom. The summed E-state index contributed by atoms with van der Waals surface area (Å²) in [4.78, 5) is 27.6. The van der Waals surface area contributed by atoms with Crippen molar-refractivity contribution in [3.05, 3.63) is 57.6 Å². The molecule has 8 nitrogen and oxygen atoms in total. The summed E-state index contributed by atoms with van der Waals surface area (Å²) in [5, 5.41) is 39.7. The minimum absolute atomic E-state index is 0. The first-order chi connectivity index (χ1) is 19.8. The average molecular weight is 654 g/mol. The monoisotopic (exact) mass is 653 g/mol. The van der Waals surface area contributed by atoms with Crippen LogP contribution in [-0.4, -0.2) is 46.7 Å². The number of aryl methyl sites for hydroxylation is 2. The number of phenols is 2. The van der Waals surface area contributed by atoms with Crippen molar-refractivity contribution in [1.29, 1.82) is 0 Å². The minimum Gasteiger partial charge on any atom is -0.550 e. The minimum atomic E-state index is -1.08. The molecule has 0 bridgehead atoms. The Hall–Kier alpha value is -3.17. The molecular weight excluding hydrogens is 603 g/mol. The van der Waals surface area contributed by atoms with E-state index in [1.54, 1.807) is 0 Å². The molecule has 1 aliphatic carbocycles. The Balaban J connectivity index is 0.00000183. The molecule has 0 aromatic heterocycles. The van der Waals surface area contributed by atoms with Crippen molar-refractivity contribution in [2.45, 2.75) is 124 Å². The van der Waals surface area contributed by atoms with Crippen LogP contribution in [0.5, 0.6) is 11.5 Å². The summed E-state index contributed by atoms with van der Waals surface area (Å²) in [6.07, 6.45) is 8.55. The summed E-state index contributed by atoms with van der Waals surface area (Å²) >= 11 is 0. The van der Waals surface area contributed by atoms with Crippen LogP contribution in [0.15, 0.2) is 34.3 Å². The number of aliphatic carboxylic acids is 2. The van der Waals surface area contributed by atoms with E-state index in [9.17, 15) is 10.2 Å². The summed E-state index contributed by atoms with van der Waals surface area (Å²) in [7, 11) is 0. The Labute approximate surface area is 273 Å². The number of carbonyl (C=O) groups is 2. The first-order valence-corrected chi connectivity index (χ1v) is 15.0. The molecule has 0 saturated heterocycles. The molecule has 1 radical (unpaired) electrons. The first kappa shape index (κ1) is 40.8. The Morgan fingerprint density at radius 1 is 0.750 bits per heavy atom. The number of hydrogen-bond acceptors (Lipinski definition) is 8. The quantitative estimate of drug-likeness (QED) is 0.429. The zero-order valence-corrected chi connectivity index (χ0v) is 29.0. The topological polar surface area (TPSA) is 145 Å². The molecule has 2 unspecified atom stereocenters. The molecule has 1 aliphatic rings. The van der Waals surface area contributed by atoms with Gasteiger partial charge in [0, 0.05) is 46.6 Å². The fraction of sp³-hybridized carbons (Fsp3) is 0.543. The Morgan fingerprint density at radius 2 is 1.05 bits per heavy atom. The molecule has 0 aliphatic heterocycles. The predicted molar refractivity (Wildman–Crippen MR) is 170 cm³/mol. The smallest absolute Gasteiger partial charge is 0.550 e. The molecule has 0 amide bonds. The molecule has 2 N–H and O–H groups in total. The largest absolute Gasteiger partial charge is 2.00 e. The van der Waals surface area contributed by atoms with E-state index in [0.29, 0.717) is 11.5 Å². The van der Waals surface area contributed by atoms with Crippen LogP contribution in [0.1, 0.15) is 122 Å². The molecule has 3 rings (SSSR count). The molecule has 1 saturated carbocycles. The van der Waals surface area contributed by atoms with Gasteiger partial charge in [0.2, 0.25) is 0 Å². The summed E-state index contributed by atoms with van der Waals surface area (Å²) in [6.45, 7) is 19.0. The summed E-state index contributed by atoms with van der Waals surface area (Å²) in [5.41, 5.74) is 5.62. The van der Waals surface area contributed by atoms with Crippen molar-refractivity contribution in [1.82, 2.24) is 0 Å². The molecule has 245 valence electrons. The second kappa shape index (κ2) is 18.0. The third-order valence-corrected chi connectivity index (χ3v) is 7.09. The zero-order valence-electron chi connectivity index (χ0n) is 27.9. The van der Waals surface area contributed by atoms with E-state index < -0.39 is 11.9 Å². The van der Waals surface area contributed by atoms with Crippen LogP contribution in [0.4, 0.5) is 0 Å². The molecular formula is C35H50CoN2O6. The van der Waals surface area contributed by atoms with Crippen LogP contribution < -0.4 is 10.2 Å². The van der Waals surface area contributed by atoms with E-state index in [2.05, 4.69) is 67.5 Å². The Kier molecular flexibility index (Phi) is 16.7. The van der Waals surface area contributed by atoms with Crippen LogP contribution in [0, 0.1) is 0 Å². The standard InChI is InChI=1S/C31H44N2O2.2C2H4O2.Co/c1-9-20-14-22(28(34)24(16-20)30(3,4)5)18-32-26-12-11-13-27(26)33-19-23-15-21(10-2)17-25(29(23)35)31(6,7)8;2*1-2(3)4;/h14-19,26-27,34-35H,9-13H2,1-8H3;2*1H3,(H,3,4);/q;;;+2/p-2. The third kappa shape index (κ3) is 13.2. The predicted octanol–water partition coefficient (Wildman–Crippen LogP) is 4.79. The normalized spacial score (nSPS) is 16.5. The van der Waals surface area contributed by atoms with E-state index in [1.165, 1.54) is 11.1 Å². The average Bonchev–Trinajstić information content (AvgIpc) is 3.32. The number of hydrogen-bond donors (Lipinski definition) is 2. The number of carboxylic acids is 2. The second-order valence-corrected chi connectivity index (χ2v) is 13.0. The van der Waals surface area contributed by atoms with E-state index in [-0.39, 0.29) is 39.7 Å². The van der Waals surface area contributed by atoms with Crippen LogP contribution in [0.2, 0.25) is 0 Å². The number of rotatable bonds is 6. The number of aliphatic imine (C=N–C) groups is 2. The fourth-order valence-electron chi connectivity index (χ4n) is 4.81. The number of aromatic hydroxyl groups is 2. The van der Waals surface area contributed by atoms with Gasteiger partial charge in [-0.25, -0.2) is 0 Å². The summed E-state index contributed by atoms with van der Waals surface area (Å²) in [5.74, 6) is -1.51. The number of phenolic OH excluding ortho intramolecular Hbond substituents is 2. The first-order valence-electron chi connectivity index (χ1n) is 15.0. The molecule has 44 heavy (non-hydrogen) atoms. The van der Waals surface area contributed by atoms with Gasteiger partial charge >= 0.3 is 16.8 Å². The maximum atomic E-state index is 11.0. The third-order valence-electron chi connectivity index (χ3n) is 7.09. The molecule has 2 atom stereocenters. The second-order valence-electron chi connectivity index (χ2n) is 13.0. The molecule has 9 heteroatoms. The van der Waals surface area contributed by atoms with Gasteiger partial charge in [-0.05, 0) is 80.0 Å². The number of benzene rings is 2. The van der Waals surface area contributed by atoms with E-state index in [1.807, 2.05) is 24.6 Å². The SMILES string of the molecule is CC(=O)[O-].CC(=O)[O-].CCc1cc(C=NC2CCCC2N=Cc2cc(CC)cc(C(C)(C)C)c2O)c(O)c(C(C)(C)C)c1.[Co+2]. The summed E-state index contributed by atoms with van der Waals surface area (Å²) < 4.78 is 0. The molecule has 0 spiro atoms. The van der Waals surface area contributed by atoms with Gasteiger partial charge in [-0.3, -0.25) is 9.98 Å². The van der Waals surface area contributed by atoms with Crippen molar-refractivity contribution in [2.24, 2.45) is 9.98 Å². The van der Waals surface area contributed by atoms with Crippen molar-refractivity contribution in [2.75, 3.05) is 0 Å². The van der Waals surface area contributed by atoms with Gasteiger partial charge in [-0.15, -0.1) is 0 Å². The fourth-order valence-corrected chi connectivity index (χ4v) is 4.81. The zero-order chi connectivity index (χ0) is 33.1. The maximum absolute atomic E-state index is 11.0. The van der Waals surface area contributed by atoms with E-state index in [0.717, 1.165) is 68.2 Å². The molecule has 2 aromatic rings. The van der Waals surface area contributed by atoms with Crippen molar-refractivity contribution in [3.8, 4) is 11.5 Å². The van der Waals surface area contributed by atoms with Crippen LogP contribution in [0.25, 0.3) is 0 Å². The van der Waals surface area contributed by atoms with Crippen LogP contribution >= 0.6 is 0 Å². The van der Waals surface area contributed by atoms with Crippen molar-refractivity contribution < 1.29 is 46.8 Å². The molecule has 0 heterocycles. The van der Waals surface area contributed by atoms with Crippen LogP contribution in [-0.2, 0) is 50.0 Å². The number of nitrogens with zero attached hydrogens (tertiary/aromatic N) is 2. The van der Waals surface area contributed by atoms with Crippen molar-refractivity contribution >= 4 is 24.4 Å². The number of carbonyl (C=O) groups excluding carboxylic acids is 2.